The molecule has 1 aliphatic rings. The highest BCUT2D eigenvalue weighted by molar-refractivity contribution is 7.91. The van der Waals surface area contributed by atoms with Crippen LogP contribution in [0.4, 0.5) is 4.39 Å². The van der Waals surface area contributed by atoms with Gasteiger partial charge in [-0.3, -0.25) is 0 Å². The summed E-state index contributed by atoms with van der Waals surface area (Å²) in [5.74, 6) is -0.909. The molecule has 6 heteroatoms. The van der Waals surface area contributed by atoms with E-state index in [-0.39, 0.29) is 10.6 Å². The fraction of sp³-hybridized carbons (Fsp3) is 0.273. The predicted octanol–water partition coefficient (Wildman–Crippen LogP) is 4.25. The average molecular weight is 399 g/mol. The van der Waals surface area contributed by atoms with Crippen LogP contribution in [0.2, 0.25) is 0 Å². The van der Waals surface area contributed by atoms with Crippen LogP contribution < -0.4 is 5.32 Å². The summed E-state index contributed by atoms with van der Waals surface area (Å²) in [6.07, 6.45) is 5.84. The third kappa shape index (κ3) is 4.18. The summed E-state index contributed by atoms with van der Waals surface area (Å²) >= 11 is 0. The molecule has 4 nitrogen and oxygen atoms in total. The van der Waals surface area contributed by atoms with E-state index in [1.165, 1.54) is 19.0 Å². The van der Waals surface area contributed by atoms with Gasteiger partial charge in [0.25, 0.3) is 0 Å². The molecule has 1 aliphatic carbocycles. The van der Waals surface area contributed by atoms with Crippen molar-refractivity contribution in [1.82, 2.24) is 10.3 Å². The van der Waals surface area contributed by atoms with Crippen molar-refractivity contribution < 1.29 is 12.8 Å². The van der Waals surface area contributed by atoms with Crippen molar-refractivity contribution in [2.24, 2.45) is 0 Å². The molecule has 2 N–H and O–H groups in total. The highest BCUT2D eigenvalue weighted by Gasteiger charge is 2.22. The topological polar surface area (TPSA) is 62.0 Å². The van der Waals surface area contributed by atoms with E-state index in [0.717, 1.165) is 30.1 Å². The summed E-state index contributed by atoms with van der Waals surface area (Å²) in [4.78, 5) is 3.29. The molecule has 1 fully saturated rings. The van der Waals surface area contributed by atoms with Gasteiger partial charge in [0.05, 0.1) is 10.6 Å². The van der Waals surface area contributed by atoms with E-state index < -0.39 is 15.7 Å². The number of hydrogen-bond donors (Lipinski definition) is 2. The number of hydrogen-bond acceptors (Lipinski definition) is 3. The zero-order valence-electron chi connectivity index (χ0n) is 15.5. The van der Waals surface area contributed by atoms with Crippen molar-refractivity contribution in [1.29, 1.82) is 0 Å². The molecule has 1 heterocycles. The second-order valence-corrected chi connectivity index (χ2v) is 9.17. The molecule has 3 aromatic rings. The van der Waals surface area contributed by atoms with E-state index in [1.807, 2.05) is 18.2 Å². The summed E-state index contributed by atoms with van der Waals surface area (Å²) < 4.78 is 40.2. The van der Waals surface area contributed by atoms with Crippen LogP contribution in [0.3, 0.4) is 0 Å². The van der Waals surface area contributed by atoms with E-state index in [1.54, 1.807) is 30.3 Å². The van der Waals surface area contributed by atoms with Crippen LogP contribution in [0.15, 0.2) is 65.7 Å². The zero-order valence-corrected chi connectivity index (χ0v) is 16.3. The second kappa shape index (κ2) is 7.89. The zero-order chi connectivity index (χ0) is 19.6. The van der Waals surface area contributed by atoms with Crippen LogP contribution >= 0.6 is 0 Å². The lowest BCUT2D eigenvalue weighted by molar-refractivity contribution is 0.599. The lowest BCUT2D eigenvalue weighted by atomic mass is 10.1. The molecule has 28 heavy (non-hydrogen) atoms. The molecule has 0 bridgehead atoms. The van der Waals surface area contributed by atoms with Gasteiger partial charge in [0.15, 0.2) is 9.84 Å². The number of fused-ring (bicyclic) bond motifs is 1. The molecule has 1 saturated carbocycles. The molecule has 0 spiro atoms. The minimum atomic E-state index is -3.67. The first-order valence-corrected chi connectivity index (χ1v) is 11.2. The minimum Gasteiger partial charge on any atom is -0.360 e. The molecular weight excluding hydrogens is 375 g/mol. The van der Waals surface area contributed by atoms with E-state index in [4.69, 9.17) is 0 Å². The number of sulfone groups is 1. The smallest absolute Gasteiger partial charge is 0.184 e. The molecule has 2 aromatic carbocycles. The Labute approximate surface area is 164 Å². The number of H-pyrrole nitrogens is 1. The molecule has 0 unspecified atom stereocenters. The Morgan fingerprint density at radius 3 is 2.68 bits per heavy atom. The van der Waals surface area contributed by atoms with Gasteiger partial charge in [-0.2, -0.15) is 0 Å². The maximum absolute atomic E-state index is 14.3. The van der Waals surface area contributed by atoms with Crippen molar-refractivity contribution in [2.45, 2.75) is 30.2 Å². The van der Waals surface area contributed by atoms with Gasteiger partial charge in [0.2, 0.25) is 0 Å². The first-order valence-electron chi connectivity index (χ1n) is 9.51. The Kier molecular flexibility index (Phi) is 5.33. The fourth-order valence-electron chi connectivity index (χ4n) is 3.37. The molecule has 4 rings (SSSR count). The summed E-state index contributed by atoms with van der Waals surface area (Å²) in [5.41, 5.74) is 2.15. The van der Waals surface area contributed by atoms with Gasteiger partial charge in [-0.1, -0.05) is 42.5 Å². The second-order valence-electron chi connectivity index (χ2n) is 7.17. The Morgan fingerprint density at radius 1 is 1.14 bits per heavy atom. The van der Waals surface area contributed by atoms with Crippen LogP contribution in [-0.4, -0.2) is 31.7 Å². The standard InChI is InChI=1S/C22H23FN2O2S/c23-19(16-5-2-1-3-6-16)12-14-28(26,27)21-15-25-20-8-4-7-17(22(20)21)11-13-24-18-9-10-18/h1-8,12,15,18,24-25H,9-11,13-14H2. The van der Waals surface area contributed by atoms with Crippen molar-refractivity contribution >= 4 is 26.6 Å². The Bertz CT molecular complexity index is 1100. The van der Waals surface area contributed by atoms with Gasteiger partial charge in [-0.25, -0.2) is 12.8 Å². The first kappa shape index (κ1) is 18.9. The SMILES string of the molecule is O=S(=O)(CC=C(F)c1ccccc1)c1c[nH]c2cccc(CCNC3CC3)c12. The fourth-order valence-corrected chi connectivity index (χ4v) is 4.70. The molecule has 0 saturated heterocycles. The third-order valence-electron chi connectivity index (χ3n) is 5.03. The van der Waals surface area contributed by atoms with Gasteiger partial charge < -0.3 is 10.3 Å². The molecule has 0 atom stereocenters. The minimum absolute atomic E-state index is 0.238. The van der Waals surface area contributed by atoms with E-state index in [9.17, 15) is 12.8 Å². The van der Waals surface area contributed by atoms with Gasteiger partial charge in [0, 0.05) is 28.7 Å². The highest BCUT2D eigenvalue weighted by atomic mass is 32.2. The predicted molar refractivity (Wildman–Crippen MR) is 111 cm³/mol. The van der Waals surface area contributed by atoms with Crippen LogP contribution in [0.25, 0.3) is 16.7 Å². The molecule has 0 radical (unpaired) electrons. The van der Waals surface area contributed by atoms with Crippen LogP contribution in [0, 0.1) is 0 Å². The highest BCUT2D eigenvalue weighted by Crippen LogP contribution is 2.28. The number of rotatable bonds is 8. The number of halogens is 1. The summed E-state index contributed by atoms with van der Waals surface area (Å²) in [7, 11) is -3.67. The lowest BCUT2D eigenvalue weighted by Crippen LogP contribution is -2.19. The van der Waals surface area contributed by atoms with E-state index in [2.05, 4.69) is 10.3 Å². The van der Waals surface area contributed by atoms with E-state index >= 15 is 0 Å². The quantitative estimate of drug-likeness (QED) is 0.596. The van der Waals surface area contributed by atoms with Crippen LogP contribution in [0.5, 0.6) is 0 Å². The monoisotopic (exact) mass is 398 g/mol. The number of benzene rings is 2. The molecule has 0 amide bonds. The normalized spacial score (nSPS) is 15.2. The van der Waals surface area contributed by atoms with Crippen molar-refractivity contribution in [3.05, 3.63) is 71.9 Å². The van der Waals surface area contributed by atoms with Crippen LogP contribution in [0.1, 0.15) is 24.0 Å². The Hall–Kier alpha value is -2.44. The third-order valence-corrected chi connectivity index (χ3v) is 6.62. The van der Waals surface area contributed by atoms with Gasteiger partial charge >= 0.3 is 0 Å². The largest absolute Gasteiger partial charge is 0.360 e. The van der Waals surface area contributed by atoms with Gasteiger partial charge in [0.1, 0.15) is 5.83 Å². The van der Waals surface area contributed by atoms with E-state index in [0.29, 0.717) is 17.0 Å². The van der Waals surface area contributed by atoms with Crippen molar-refractivity contribution in [2.75, 3.05) is 12.3 Å². The molecule has 0 aliphatic heterocycles. The Morgan fingerprint density at radius 2 is 1.93 bits per heavy atom. The summed E-state index contributed by atoms with van der Waals surface area (Å²) in [6, 6.07) is 14.8. The maximum Gasteiger partial charge on any atom is 0.184 e. The van der Waals surface area contributed by atoms with Crippen molar-refractivity contribution in [3.8, 4) is 0 Å². The molecular formula is C22H23FN2O2S. The number of aromatic nitrogens is 1. The maximum atomic E-state index is 14.3. The molecule has 146 valence electrons. The van der Waals surface area contributed by atoms with Gasteiger partial charge in [-0.05, 0) is 43.5 Å². The average Bonchev–Trinajstić information content (AvgIpc) is 3.42. The Balaban J connectivity index is 1.59. The first-order chi connectivity index (χ1) is 13.5. The number of nitrogens with one attached hydrogen (secondary N) is 2. The summed E-state index contributed by atoms with van der Waals surface area (Å²) in [6.45, 7) is 0.816. The lowest BCUT2D eigenvalue weighted by Gasteiger charge is -2.08. The number of aromatic amines is 1. The van der Waals surface area contributed by atoms with Crippen LogP contribution in [-0.2, 0) is 16.3 Å². The van der Waals surface area contributed by atoms with Gasteiger partial charge in [-0.15, -0.1) is 0 Å². The van der Waals surface area contributed by atoms with Crippen molar-refractivity contribution in [3.63, 3.8) is 0 Å². The molecule has 1 aromatic heterocycles. The summed E-state index contributed by atoms with van der Waals surface area (Å²) in [5, 5.41) is 4.18.